The van der Waals surface area contributed by atoms with E-state index >= 15 is 0 Å². The van der Waals surface area contributed by atoms with Crippen LogP contribution in [0.15, 0.2) is 0 Å². The van der Waals surface area contributed by atoms with Gasteiger partial charge in [-0.3, -0.25) is 0 Å². The highest BCUT2D eigenvalue weighted by Gasteiger charge is 2.34. The van der Waals surface area contributed by atoms with E-state index in [0.29, 0.717) is 6.10 Å². The second-order valence-electron chi connectivity index (χ2n) is 3.07. The predicted molar refractivity (Wildman–Crippen MR) is 44.9 cm³/mol. The molecule has 2 bridgehead atoms. The number of rotatable bonds is 0. The molecule has 0 amide bonds. The fourth-order valence-corrected chi connectivity index (χ4v) is 2.62. The van der Waals surface area contributed by atoms with E-state index in [0.717, 1.165) is 16.4 Å². The maximum absolute atomic E-state index is 5.58. The second kappa shape index (κ2) is 2.38. The SMILES string of the molecule is I[C@H]1CC[C@H]2CO[C@H]1C2. The average molecular weight is 238 g/mol. The molecule has 0 radical (unpaired) electrons. The first kappa shape index (κ1) is 6.40. The molecule has 2 aliphatic rings. The fraction of sp³-hybridized carbons (Fsp3) is 1.00. The summed E-state index contributed by atoms with van der Waals surface area (Å²) in [5.74, 6) is 0.918. The van der Waals surface area contributed by atoms with Gasteiger partial charge in [0, 0.05) is 10.5 Å². The third kappa shape index (κ3) is 1.11. The lowest BCUT2D eigenvalue weighted by atomic mass is 9.91. The van der Waals surface area contributed by atoms with E-state index in [1.54, 1.807) is 0 Å². The van der Waals surface area contributed by atoms with Crippen LogP contribution < -0.4 is 0 Å². The lowest BCUT2D eigenvalue weighted by molar-refractivity contribution is 0.115. The lowest BCUT2D eigenvalue weighted by Crippen LogP contribution is -2.22. The van der Waals surface area contributed by atoms with Gasteiger partial charge in [-0.15, -0.1) is 0 Å². The molecule has 0 aromatic carbocycles. The van der Waals surface area contributed by atoms with Crippen LogP contribution in [0.5, 0.6) is 0 Å². The van der Waals surface area contributed by atoms with E-state index < -0.39 is 0 Å². The van der Waals surface area contributed by atoms with Gasteiger partial charge in [0.1, 0.15) is 0 Å². The number of ether oxygens (including phenoxy) is 1. The first-order valence-corrected chi connectivity index (χ1v) is 4.86. The molecule has 2 rings (SSSR count). The van der Waals surface area contributed by atoms with Crippen molar-refractivity contribution in [1.82, 2.24) is 0 Å². The van der Waals surface area contributed by atoms with Crippen LogP contribution in [0.1, 0.15) is 19.3 Å². The molecule has 1 aliphatic heterocycles. The molecule has 0 N–H and O–H groups in total. The Balaban J connectivity index is 2.05. The highest BCUT2D eigenvalue weighted by atomic mass is 127. The summed E-state index contributed by atoms with van der Waals surface area (Å²) in [6.07, 6.45) is 4.75. The smallest absolute Gasteiger partial charge is 0.0696 e. The standard InChI is InChI=1S/C7H11IO/c8-6-2-1-5-3-7(6)9-4-5/h5-7H,1-4H2/t5-,6+,7+/m1/s1. The number of halogens is 1. The number of fused-ring (bicyclic) bond motifs is 2. The summed E-state index contributed by atoms with van der Waals surface area (Å²) in [5, 5.41) is 0. The zero-order valence-electron chi connectivity index (χ0n) is 5.35. The normalized spacial score (nSPS) is 49.7. The molecule has 2 fully saturated rings. The summed E-state index contributed by atoms with van der Waals surface area (Å²) in [7, 11) is 0. The van der Waals surface area contributed by atoms with Gasteiger partial charge in [-0.1, -0.05) is 22.6 Å². The van der Waals surface area contributed by atoms with Crippen LogP contribution in [0.3, 0.4) is 0 Å². The molecule has 0 unspecified atom stereocenters. The fourth-order valence-electron chi connectivity index (χ4n) is 1.76. The van der Waals surface area contributed by atoms with Crippen molar-refractivity contribution >= 4 is 22.6 Å². The summed E-state index contributed by atoms with van der Waals surface area (Å²) in [5.41, 5.74) is 0. The summed E-state index contributed by atoms with van der Waals surface area (Å²) in [4.78, 5) is 0. The largest absolute Gasteiger partial charge is 0.377 e. The van der Waals surface area contributed by atoms with Gasteiger partial charge in [0.25, 0.3) is 0 Å². The minimum atomic E-state index is 0.615. The van der Waals surface area contributed by atoms with Gasteiger partial charge < -0.3 is 4.74 Å². The summed E-state index contributed by atoms with van der Waals surface area (Å²) >= 11 is 2.52. The molecule has 1 heterocycles. The Kier molecular flexibility index (Phi) is 1.69. The Morgan fingerprint density at radius 1 is 1.33 bits per heavy atom. The number of alkyl halides is 1. The minimum absolute atomic E-state index is 0.615. The molecule has 9 heavy (non-hydrogen) atoms. The lowest BCUT2D eigenvalue weighted by Gasteiger charge is -2.21. The van der Waals surface area contributed by atoms with E-state index in [-0.39, 0.29) is 0 Å². The highest BCUT2D eigenvalue weighted by molar-refractivity contribution is 14.1. The molecule has 0 spiro atoms. The first-order chi connectivity index (χ1) is 4.36. The Labute approximate surface area is 69.3 Å². The summed E-state index contributed by atoms with van der Waals surface area (Å²) in [6.45, 7) is 1.05. The Hall–Kier alpha value is 0.690. The zero-order valence-corrected chi connectivity index (χ0v) is 7.50. The summed E-state index contributed by atoms with van der Waals surface area (Å²) in [6, 6.07) is 0. The van der Waals surface area contributed by atoms with Gasteiger partial charge in [0.2, 0.25) is 0 Å². The molecule has 1 aliphatic carbocycles. The van der Waals surface area contributed by atoms with Gasteiger partial charge in [-0.2, -0.15) is 0 Å². The topological polar surface area (TPSA) is 9.23 Å². The van der Waals surface area contributed by atoms with E-state index in [2.05, 4.69) is 22.6 Å². The Morgan fingerprint density at radius 3 is 3.00 bits per heavy atom. The van der Waals surface area contributed by atoms with E-state index in [9.17, 15) is 0 Å². The average Bonchev–Trinajstić information content (AvgIpc) is 2.25. The van der Waals surface area contributed by atoms with Crippen molar-refractivity contribution in [1.29, 1.82) is 0 Å². The van der Waals surface area contributed by atoms with Crippen molar-refractivity contribution in [2.45, 2.75) is 29.3 Å². The zero-order chi connectivity index (χ0) is 6.27. The third-order valence-electron chi connectivity index (χ3n) is 2.37. The van der Waals surface area contributed by atoms with Crippen molar-refractivity contribution in [3.05, 3.63) is 0 Å². The molecular formula is C7H11IO. The molecule has 1 saturated carbocycles. The molecule has 3 atom stereocenters. The number of hydrogen-bond donors (Lipinski definition) is 0. The van der Waals surface area contributed by atoms with Crippen LogP contribution in [0.2, 0.25) is 0 Å². The number of hydrogen-bond acceptors (Lipinski definition) is 1. The van der Waals surface area contributed by atoms with Crippen molar-refractivity contribution < 1.29 is 4.74 Å². The minimum Gasteiger partial charge on any atom is -0.377 e. The van der Waals surface area contributed by atoms with E-state index in [1.165, 1.54) is 19.3 Å². The van der Waals surface area contributed by atoms with Crippen molar-refractivity contribution in [3.8, 4) is 0 Å². The van der Waals surface area contributed by atoms with Gasteiger partial charge in [0.15, 0.2) is 0 Å². The summed E-state index contributed by atoms with van der Waals surface area (Å²) < 4.78 is 6.39. The second-order valence-corrected chi connectivity index (χ2v) is 4.67. The van der Waals surface area contributed by atoms with Crippen LogP contribution in [0.4, 0.5) is 0 Å². The van der Waals surface area contributed by atoms with Gasteiger partial charge in [0.05, 0.1) is 6.10 Å². The van der Waals surface area contributed by atoms with Crippen LogP contribution >= 0.6 is 22.6 Å². The molecule has 1 saturated heterocycles. The predicted octanol–water partition coefficient (Wildman–Crippen LogP) is 1.99. The van der Waals surface area contributed by atoms with Crippen LogP contribution in [0, 0.1) is 5.92 Å². The van der Waals surface area contributed by atoms with Crippen molar-refractivity contribution in [2.75, 3.05) is 6.61 Å². The van der Waals surface area contributed by atoms with Crippen LogP contribution in [0.25, 0.3) is 0 Å². The monoisotopic (exact) mass is 238 g/mol. The van der Waals surface area contributed by atoms with E-state index in [1.807, 2.05) is 0 Å². The Bertz CT molecular complexity index is 115. The molecule has 0 aromatic heterocycles. The highest BCUT2D eigenvalue weighted by Crippen LogP contribution is 2.36. The first-order valence-electron chi connectivity index (χ1n) is 3.62. The van der Waals surface area contributed by atoms with Gasteiger partial charge >= 0.3 is 0 Å². The molecular weight excluding hydrogens is 227 g/mol. The van der Waals surface area contributed by atoms with E-state index in [4.69, 9.17) is 4.74 Å². The quantitative estimate of drug-likeness (QED) is 0.463. The molecule has 52 valence electrons. The molecule has 1 nitrogen and oxygen atoms in total. The van der Waals surface area contributed by atoms with Crippen LogP contribution in [-0.4, -0.2) is 16.6 Å². The van der Waals surface area contributed by atoms with Crippen molar-refractivity contribution in [2.24, 2.45) is 5.92 Å². The maximum Gasteiger partial charge on any atom is 0.0696 e. The van der Waals surface area contributed by atoms with Crippen LogP contribution in [-0.2, 0) is 4.74 Å². The molecule has 0 aromatic rings. The van der Waals surface area contributed by atoms with Crippen molar-refractivity contribution in [3.63, 3.8) is 0 Å². The maximum atomic E-state index is 5.58. The Morgan fingerprint density at radius 2 is 2.22 bits per heavy atom. The molecule has 2 heteroatoms. The van der Waals surface area contributed by atoms with Gasteiger partial charge in [-0.25, -0.2) is 0 Å². The third-order valence-corrected chi connectivity index (χ3v) is 3.79. The van der Waals surface area contributed by atoms with Gasteiger partial charge in [-0.05, 0) is 25.2 Å².